The average Bonchev–Trinajstić information content (AvgIpc) is 1.64. The van der Waals surface area contributed by atoms with Gasteiger partial charge in [0, 0.05) is 64.1 Å². The summed E-state index contributed by atoms with van der Waals surface area (Å²) in [6.45, 7) is 0. The van der Waals surface area contributed by atoms with Gasteiger partial charge < -0.3 is 4.57 Å². The summed E-state index contributed by atoms with van der Waals surface area (Å²) in [4.78, 5) is 16.9. The molecule has 0 bridgehead atoms. The summed E-state index contributed by atoms with van der Waals surface area (Å²) >= 11 is 1.90. The zero-order valence-corrected chi connectivity index (χ0v) is 47.4. The molecule has 1 atom stereocenters. The van der Waals surface area contributed by atoms with Gasteiger partial charge in [-0.15, -0.1) is 11.3 Å². The number of hydrogen-bond acceptors (Lipinski definition) is 4. The van der Waals surface area contributed by atoms with E-state index in [1.807, 2.05) is 11.3 Å². The number of rotatable bonds is 5. The zero-order valence-electron chi connectivity index (χ0n) is 46.5. The maximum Gasteiger partial charge on any atom is 0.238 e. The lowest BCUT2D eigenvalue weighted by Gasteiger charge is -2.35. The minimum atomic E-state index is -0.587. The van der Waals surface area contributed by atoms with Crippen molar-refractivity contribution in [3.63, 3.8) is 0 Å². The van der Waals surface area contributed by atoms with Gasteiger partial charge in [0.2, 0.25) is 5.95 Å². The van der Waals surface area contributed by atoms with Crippen molar-refractivity contribution in [1.29, 1.82) is 0 Å². The molecule has 17 aromatic rings. The molecule has 6 heteroatoms. The number of thiophene rings is 1. The molecule has 0 aliphatic heterocycles. The lowest BCUT2D eigenvalue weighted by atomic mass is 9.66. The van der Waals surface area contributed by atoms with Gasteiger partial charge in [-0.1, -0.05) is 243 Å². The van der Waals surface area contributed by atoms with Crippen LogP contribution in [0.25, 0.3) is 142 Å². The minimum Gasteiger partial charge on any atom is -0.307 e. The van der Waals surface area contributed by atoms with Crippen LogP contribution in [0.3, 0.4) is 0 Å². The Labute approximate surface area is 499 Å². The highest BCUT2D eigenvalue weighted by molar-refractivity contribution is 7.26. The van der Waals surface area contributed by atoms with Crippen LogP contribution in [0, 0.1) is 0 Å². The van der Waals surface area contributed by atoms with E-state index < -0.39 is 5.41 Å². The SMILES string of the molecule is c1ccc(-c2nc(-c3ccc4c5c(cccc35)C3(Cc5ccc(-c6cccc7c6sc6ccccc67)c6cccc3c56)c3ccccc3-c3ccccc3C4)nc(-n3c4ccccc4c4ccc5c6ccccc6n(-c6ccccc6)c5c43)n2)cc1. The molecule has 1 unspecified atom stereocenters. The Hall–Kier alpha value is -10.8. The Morgan fingerprint density at radius 3 is 1.66 bits per heavy atom. The molecule has 0 amide bonds. The van der Waals surface area contributed by atoms with E-state index in [-0.39, 0.29) is 0 Å². The van der Waals surface area contributed by atoms with Gasteiger partial charge in [0.25, 0.3) is 0 Å². The van der Waals surface area contributed by atoms with Crippen molar-refractivity contribution < 1.29 is 0 Å². The zero-order chi connectivity index (χ0) is 56.2. The molecule has 400 valence electrons. The van der Waals surface area contributed by atoms with Crippen LogP contribution < -0.4 is 0 Å². The van der Waals surface area contributed by atoms with E-state index in [1.54, 1.807) is 0 Å². The van der Waals surface area contributed by atoms with Crippen molar-refractivity contribution in [2.45, 2.75) is 18.3 Å². The molecule has 19 rings (SSSR count). The van der Waals surface area contributed by atoms with Crippen molar-refractivity contribution in [3.05, 3.63) is 306 Å². The molecular formula is C80H49N5S. The van der Waals surface area contributed by atoms with Gasteiger partial charge in [0.15, 0.2) is 11.6 Å². The summed E-state index contributed by atoms with van der Waals surface area (Å²) in [5, 5.41) is 12.2. The maximum absolute atomic E-state index is 5.78. The lowest BCUT2D eigenvalue weighted by Crippen LogP contribution is -2.30. The molecule has 4 heterocycles. The van der Waals surface area contributed by atoms with Crippen molar-refractivity contribution in [2.24, 2.45) is 0 Å². The second-order valence-electron chi connectivity index (χ2n) is 23.3. The Morgan fingerprint density at radius 2 is 0.872 bits per heavy atom. The highest BCUT2D eigenvalue weighted by atomic mass is 32.1. The minimum absolute atomic E-state index is 0.558. The summed E-state index contributed by atoms with van der Waals surface area (Å²) in [5.74, 6) is 1.78. The smallest absolute Gasteiger partial charge is 0.238 e. The average molecular weight is 1110 g/mol. The van der Waals surface area contributed by atoms with E-state index in [1.165, 1.54) is 97.4 Å². The molecule has 1 spiro atoms. The summed E-state index contributed by atoms with van der Waals surface area (Å²) < 4.78 is 7.37. The van der Waals surface area contributed by atoms with E-state index in [2.05, 4.69) is 282 Å². The quantitative estimate of drug-likeness (QED) is 0.173. The molecular weight excluding hydrogens is 1060 g/mol. The second-order valence-corrected chi connectivity index (χ2v) is 24.3. The molecule has 0 saturated carbocycles. The predicted octanol–water partition coefficient (Wildman–Crippen LogP) is 20.2. The van der Waals surface area contributed by atoms with Crippen LogP contribution in [0.2, 0.25) is 0 Å². The summed E-state index contributed by atoms with van der Waals surface area (Å²) in [5.41, 5.74) is 19.7. The van der Waals surface area contributed by atoms with Crippen LogP contribution in [-0.4, -0.2) is 24.1 Å². The Balaban J connectivity index is 0.899. The number of aromatic nitrogens is 5. The third-order valence-electron chi connectivity index (χ3n) is 19.0. The highest BCUT2D eigenvalue weighted by Gasteiger charge is 2.46. The van der Waals surface area contributed by atoms with Gasteiger partial charge >= 0.3 is 0 Å². The summed E-state index contributed by atoms with van der Waals surface area (Å²) in [6, 6.07) is 101. The fourth-order valence-corrected chi connectivity index (χ4v) is 16.7. The van der Waals surface area contributed by atoms with Crippen molar-refractivity contribution in [1.82, 2.24) is 24.1 Å². The first-order chi connectivity index (χ1) is 42.7. The highest BCUT2D eigenvalue weighted by Crippen LogP contribution is 2.58. The van der Waals surface area contributed by atoms with E-state index >= 15 is 0 Å². The number of fused-ring (bicyclic) bond motifs is 16. The summed E-state index contributed by atoms with van der Waals surface area (Å²) in [6.07, 6.45) is 1.55. The van der Waals surface area contributed by atoms with E-state index in [9.17, 15) is 0 Å². The molecule has 4 aromatic heterocycles. The summed E-state index contributed by atoms with van der Waals surface area (Å²) in [7, 11) is 0. The van der Waals surface area contributed by atoms with Crippen molar-refractivity contribution in [2.75, 3.05) is 0 Å². The van der Waals surface area contributed by atoms with Crippen LogP contribution in [0.1, 0.15) is 33.4 Å². The van der Waals surface area contributed by atoms with E-state index in [0.717, 1.165) is 73.3 Å². The predicted molar refractivity (Wildman–Crippen MR) is 357 cm³/mol. The van der Waals surface area contributed by atoms with Gasteiger partial charge in [-0.2, -0.15) is 9.97 Å². The second kappa shape index (κ2) is 18.1. The van der Waals surface area contributed by atoms with Gasteiger partial charge in [-0.05, 0) is 115 Å². The molecule has 0 fully saturated rings. The molecule has 13 aromatic carbocycles. The van der Waals surface area contributed by atoms with Crippen molar-refractivity contribution in [3.8, 4) is 56.7 Å². The molecule has 5 nitrogen and oxygen atoms in total. The first kappa shape index (κ1) is 47.7. The fourth-order valence-electron chi connectivity index (χ4n) is 15.4. The monoisotopic (exact) mass is 1110 g/mol. The topological polar surface area (TPSA) is 48.5 Å². The van der Waals surface area contributed by atoms with Gasteiger partial charge in [0.05, 0.1) is 27.5 Å². The van der Waals surface area contributed by atoms with Crippen LogP contribution in [0.15, 0.2) is 273 Å². The third kappa shape index (κ3) is 6.62. The Kier molecular flexibility index (Phi) is 10.0. The van der Waals surface area contributed by atoms with E-state index in [0.29, 0.717) is 17.6 Å². The first-order valence-electron chi connectivity index (χ1n) is 29.7. The maximum atomic E-state index is 5.78. The number of para-hydroxylation sites is 3. The normalized spacial score (nSPS) is 14.5. The third-order valence-corrected chi connectivity index (χ3v) is 20.2. The lowest BCUT2D eigenvalue weighted by molar-refractivity contribution is 0.649. The van der Waals surface area contributed by atoms with E-state index in [4.69, 9.17) is 15.0 Å². The van der Waals surface area contributed by atoms with Gasteiger partial charge in [-0.3, -0.25) is 4.57 Å². The number of nitrogens with zero attached hydrogens (tertiary/aromatic N) is 5. The molecule has 0 saturated heterocycles. The van der Waals surface area contributed by atoms with Gasteiger partial charge in [0.1, 0.15) is 0 Å². The largest absolute Gasteiger partial charge is 0.307 e. The number of benzene rings is 13. The molecule has 0 radical (unpaired) electrons. The van der Waals surface area contributed by atoms with Crippen LogP contribution in [0.4, 0.5) is 0 Å². The molecule has 2 aliphatic carbocycles. The molecule has 0 N–H and O–H groups in total. The molecule has 86 heavy (non-hydrogen) atoms. The number of hydrogen-bond donors (Lipinski definition) is 0. The van der Waals surface area contributed by atoms with Crippen LogP contribution >= 0.6 is 11.3 Å². The Bertz CT molecular complexity index is 5730. The van der Waals surface area contributed by atoms with Crippen LogP contribution in [0.5, 0.6) is 0 Å². The van der Waals surface area contributed by atoms with Crippen molar-refractivity contribution >= 4 is 96.7 Å². The first-order valence-corrected chi connectivity index (χ1v) is 30.5. The standard InChI is InChI=1S/C80H49N5S/c1-3-20-48(21-4-1)77-81-78(83-79(82-77)85-70-38-15-11-28-57(70)62-45-44-61-56-27-10-14-37-69(56)84(74(61)75(62)85)52-23-5-2-6-24-52)65-43-40-50-46-49-22-7-8-25-53(49)55-26-9-13-34-66(55)80(67-35-19-31-60(65)72(50)67)47-51-41-42-54(59-30-18-36-68(80)73(51)59)63-32-17-33-64-58-29-12-16-39-71(58)86-76(63)64/h1-45H,46-47H2. The molecule has 2 aliphatic rings. The van der Waals surface area contributed by atoms with Crippen LogP contribution in [-0.2, 0) is 18.3 Å². The fraction of sp³-hybridized carbons (Fsp3) is 0.0375. The Morgan fingerprint density at radius 1 is 0.326 bits per heavy atom. The van der Waals surface area contributed by atoms with Gasteiger partial charge in [-0.25, -0.2) is 4.98 Å².